The van der Waals surface area contributed by atoms with Gasteiger partial charge in [0.15, 0.2) is 17.1 Å². The molecule has 0 saturated heterocycles. The highest BCUT2D eigenvalue weighted by molar-refractivity contribution is 7.99. The number of thiophene rings is 1. The van der Waals surface area contributed by atoms with Crippen LogP contribution in [-0.2, 0) is 22.0 Å². The van der Waals surface area contributed by atoms with E-state index in [9.17, 15) is 9.59 Å². The molecule has 188 valence electrons. The van der Waals surface area contributed by atoms with Gasteiger partial charge in [0, 0.05) is 11.9 Å². The number of rotatable bonds is 8. The third kappa shape index (κ3) is 6.24. The van der Waals surface area contributed by atoms with E-state index in [0.717, 1.165) is 16.2 Å². The molecule has 0 aliphatic heterocycles. The molecule has 0 fully saturated rings. The van der Waals surface area contributed by atoms with Crippen LogP contribution in [0.5, 0.6) is 5.75 Å². The van der Waals surface area contributed by atoms with Gasteiger partial charge in [-0.1, -0.05) is 44.7 Å². The van der Waals surface area contributed by atoms with Crippen molar-refractivity contribution in [2.24, 2.45) is 7.05 Å². The number of nitrogens with one attached hydrogen (secondary N) is 1. The highest BCUT2D eigenvalue weighted by atomic mass is 32.2. The quantitative estimate of drug-likeness (QED) is 0.314. The van der Waals surface area contributed by atoms with Crippen LogP contribution < -0.4 is 10.1 Å². The van der Waals surface area contributed by atoms with E-state index in [4.69, 9.17) is 9.47 Å². The maximum absolute atomic E-state index is 12.6. The number of anilines is 1. The van der Waals surface area contributed by atoms with Gasteiger partial charge in [0.1, 0.15) is 10.8 Å². The molecule has 0 aliphatic rings. The Morgan fingerprint density at radius 2 is 1.83 bits per heavy atom. The predicted octanol–water partition coefficient (Wildman–Crippen LogP) is 5.45. The second kappa shape index (κ2) is 10.8. The SMILES string of the molecule is COC(=O)c1c(NC(=O)CSc2nnc(C(C)Oc3ccc(C(C)(C)C)cc3)n2C)sc(C)c1C. The van der Waals surface area contributed by atoms with Crippen LogP contribution in [-0.4, -0.2) is 39.5 Å². The molecule has 1 unspecified atom stereocenters. The molecular weight excluding hydrogens is 484 g/mol. The number of methoxy groups -OCH3 is 1. The molecule has 8 nitrogen and oxygen atoms in total. The zero-order chi connectivity index (χ0) is 25.9. The number of thioether (sulfide) groups is 1. The Balaban J connectivity index is 1.62. The van der Waals surface area contributed by atoms with Gasteiger partial charge in [-0.05, 0) is 49.4 Å². The molecule has 0 aliphatic carbocycles. The second-order valence-electron chi connectivity index (χ2n) is 9.25. The predicted molar refractivity (Wildman–Crippen MR) is 140 cm³/mol. The summed E-state index contributed by atoms with van der Waals surface area (Å²) in [5.74, 6) is 0.825. The number of aryl methyl sites for hydroxylation is 1. The highest BCUT2D eigenvalue weighted by Crippen LogP contribution is 2.33. The van der Waals surface area contributed by atoms with Gasteiger partial charge in [-0.3, -0.25) is 4.79 Å². The van der Waals surface area contributed by atoms with Gasteiger partial charge >= 0.3 is 5.97 Å². The molecule has 2 aromatic heterocycles. The van der Waals surface area contributed by atoms with Crippen molar-refractivity contribution < 1.29 is 19.1 Å². The van der Waals surface area contributed by atoms with Gasteiger partial charge in [-0.2, -0.15) is 0 Å². The van der Waals surface area contributed by atoms with Crippen LogP contribution in [0, 0.1) is 13.8 Å². The van der Waals surface area contributed by atoms with Crippen molar-refractivity contribution >= 4 is 40.0 Å². The largest absolute Gasteiger partial charge is 0.483 e. The standard InChI is InChI=1S/C25H32N4O4S2/c1-14-16(3)35-22(20(14)23(31)32-8)26-19(30)13-34-24-28-27-21(29(24)7)15(2)33-18-11-9-17(10-12-18)25(4,5)6/h9-12,15H,13H2,1-8H3,(H,26,30). The van der Waals surface area contributed by atoms with Gasteiger partial charge < -0.3 is 19.4 Å². The molecule has 0 bridgehead atoms. The zero-order valence-corrected chi connectivity index (χ0v) is 23.0. The molecule has 1 amide bonds. The number of nitrogens with zero attached hydrogens (tertiary/aromatic N) is 3. The van der Waals surface area contributed by atoms with E-state index >= 15 is 0 Å². The molecular formula is C25H32N4O4S2. The van der Waals surface area contributed by atoms with Crippen molar-refractivity contribution in [1.82, 2.24) is 14.8 Å². The second-order valence-corrected chi connectivity index (χ2v) is 11.4. The van der Waals surface area contributed by atoms with E-state index in [1.54, 1.807) is 0 Å². The molecule has 0 spiro atoms. The molecule has 0 radical (unpaired) electrons. The molecule has 35 heavy (non-hydrogen) atoms. The maximum atomic E-state index is 12.6. The lowest BCUT2D eigenvalue weighted by molar-refractivity contribution is -0.113. The zero-order valence-electron chi connectivity index (χ0n) is 21.4. The van der Waals surface area contributed by atoms with Gasteiger partial charge in [-0.25, -0.2) is 4.79 Å². The fraction of sp³-hybridized carbons (Fsp3) is 0.440. The van der Waals surface area contributed by atoms with E-state index in [0.29, 0.717) is 21.5 Å². The van der Waals surface area contributed by atoms with Crippen LogP contribution in [0.4, 0.5) is 5.00 Å². The number of esters is 1. The van der Waals surface area contributed by atoms with E-state index < -0.39 is 5.97 Å². The first-order valence-corrected chi connectivity index (χ1v) is 13.0. The average molecular weight is 517 g/mol. The molecule has 1 atom stereocenters. The van der Waals surface area contributed by atoms with Crippen LogP contribution in [0.3, 0.4) is 0 Å². The maximum Gasteiger partial charge on any atom is 0.341 e. The van der Waals surface area contributed by atoms with Gasteiger partial charge in [0.2, 0.25) is 5.91 Å². The minimum Gasteiger partial charge on any atom is -0.483 e. The van der Waals surface area contributed by atoms with Gasteiger partial charge in [-0.15, -0.1) is 21.5 Å². The molecule has 3 aromatic rings. The normalized spacial score (nSPS) is 12.3. The van der Waals surface area contributed by atoms with Crippen LogP contribution in [0.1, 0.15) is 66.0 Å². The third-order valence-electron chi connectivity index (χ3n) is 5.63. The smallest absolute Gasteiger partial charge is 0.341 e. The Kier molecular flexibility index (Phi) is 8.27. The number of benzene rings is 1. The van der Waals surface area contributed by atoms with Crippen molar-refractivity contribution in [2.45, 2.75) is 58.2 Å². The monoisotopic (exact) mass is 516 g/mol. The van der Waals surface area contributed by atoms with Crippen LogP contribution in [0.15, 0.2) is 29.4 Å². The van der Waals surface area contributed by atoms with Crippen molar-refractivity contribution in [2.75, 3.05) is 18.2 Å². The molecule has 1 N–H and O–H groups in total. The van der Waals surface area contributed by atoms with Crippen molar-refractivity contribution in [3.8, 4) is 5.75 Å². The Labute approximate surface area is 214 Å². The Morgan fingerprint density at radius 3 is 2.43 bits per heavy atom. The third-order valence-corrected chi connectivity index (χ3v) is 7.77. The van der Waals surface area contributed by atoms with Crippen molar-refractivity contribution in [3.63, 3.8) is 0 Å². The van der Waals surface area contributed by atoms with Crippen LogP contribution >= 0.6 is 23.1 Å². The Bertz CT molecular complexity index is 1210. The fourth-order valence-electron chi connectivity index (χ4n) is 3.45. The average Bonchev–Trinajstić information content (AvgIpc) is 3.30. The van der Waals surface area contributed by atoms with Crippen LogP contribution in [0.25, 0.3) is 0 Å². The molecule has 3 rings (SSSR count). The lowest BCUT2D eigenvalue weighted by Crippen LogP contribution is -2.16. The molecule has 2 heterocycles. The van der Waals surface area contributed by atoms with Crippen molar-refractivity contribution in [3.05, 3.63) is 51.7 Å². The molecule has 1 aromatic carbocycles. The number of aromatic nitrogens is 3. The topological polar surface area (TPSA) is 95.3 Å². The van der Waals surface area contributed by atoms with Gasteiger partial charge in [0.25, 0.3) is 0 Å². The fourth-order valence-corrected chi connectivity index (χ4v) is 5.23. The summed E-state index contributed by atoms with van der Waals surface area (Å²) in [6.45, 7) is 12.2. The van der Waals surface area contributed by atoms with Gasteiger partial charge in [0.05, 0.1) is 18.4 Å². The first-order valence-electron chi connectivity index (χ1n) is 11.2. The number of amides is 1. The number of hydrogen-bond acceptors (Lipinski definition) is 8. The summed E-state index contributed by atoms with van der Waals surface area (Å²) >= 11 is 2.62. The number of carbonyl (C=O) groups excluding carboxylic acids is 2. The summed E-state index contributed by atoms with van der Waals surface area (Å²) in [4.78, 5) is 25.7. The number of hydrogen-bond donors (Lipinski definition) is 1. The minimum atomic E-state index is -0.463. The first kappa shape index (κ1) is 26.7. The van der Waals surface area contributed by atoms with E-state index in [1.807, 2.05) is 44.5 Å². The Hall–Kier alpha value is -2.85. The summed E-state index contributed by atoms with van der Waals surface area (Å²) < 4.78 is 12.8. The lowest BCUT2D eigenvalue weighted by atomic mass is 9.87. The minimum absolute atomic E-state index is 0.0776. The first-order chi connectivity index (χ1) is 16.4. The highest BCUT2D eigenvalue weighted by Gasteiger charge is 2.23. The number of ether oxygens (including phenoxy) is 2. The van der Waals surface area contributed by atoms with E-state index in [2.05, 4.69) is 48.4 Å². The number of carbonyl (C=O) groups is 2. The van der Waals surface area contributed by atoms with E-state index in [1.165, 1.54) is 35.8 Å². The summed E-state index contributed by atoms with van der Waals surface area (Å²) in [6, 6.07) is 8.07. The molecule has 10 heteroatoms. The summed E-state index contributed by atoms with van der Waals surface area (Å²) in [6.07, 6.45) is -0.323. The summed E-state index contributed by atoms with van der Waals surface area (Å²) in [5, 5.41) is 12.4. The lowest BCUT2D eigenvalue weighted by Gasteiger charge is -2.20. The Morgan fingerprint density at radius 1 is 1.17 bits per heavy atom. The molecule has 0 saturated carbocycles. The van der Waals surface area contributed by atoms with E-state index in [-0.39, 0.29) is 23.2 Å². The summed E-state index contributed by atoms with van der Waals surface area (Å²) in [7, 11) is 3.17. The van der Waals surface area contributed by atoms with Crippen LogP contribution in [0.2, 0.25) is 0 Å². The summed E-state index contributed by atoms with van der Waals surface area (Å²) in [5.41, 5.74) is 2.52. The van der Waals surface area contributed by atoms with Crippen molar-refractivity contribution in [1.29, 1.82) is 0 Å².